The summed E-state index contributed by atoms with van der Waals surface area (Å²) in [7, 11) is 0. The van der Waals surface area contributed by atoms with E-state index in [2.05, 4.69) is 15.4 Å². The van der Waals surface area contributed by atoms with E-state index in [0.29, 0.717) is 23.4 Å². The fraction of sp³-hybridized carbons (Fsp3) is 0.238. The smallest absolute Gasteiger partial charge is 0.362 e. The molecular weight excluding hydrogens is 429 g/mol. The van der Waals surface area contributed by atoms with Gasteiger partial charge in [0.25, 0.3) is 5.56 Å². The van der Waals surface area contributed by atoms with Crippen LogP contribution in [0.25, 0.3) is 16.1 Å². The second kappa shape index (κ2) is 8.66. The molecular formula is C21H19F3N4O2S. The van der Waals surface area contributed by atoms with Crippen molar-refractivity contribution in [1.29, 1.82) is 0 Å². The number of thiophene rings is 1. The molecule has 162 valence electrons. The second-order valence-corrected chi connectivity index (χ2v) is 7.90. The average molecular weight is 448 g/mol. The molecule has 0 saturated heterocycles. The SMILES string of the molecule is Cc1[nH]n2c(=O)cc(CNCOCc3ccc(C(F)(F)F)cc3)nc2c1-c1cccs1. The van der Waals surface area contributed by atoms with Crippen LogP contribution in [0.15, 0.2) is 52.6 Å². The summed E-state index contributed by atoms with van der Waals surface area (Å²) in [5, 5.41) is 8.06. The molecule has 0 fully saturated rings. The number of rotatable bonds is 7. The average Bonchev–Trinajstić information content (AvgIpc) is 3.35. The first-order chi connectivity index (χ1) is 14.8. The largest absolute Gasteiger partial charge is 0.416 e. The van der Waals surface area contributed by atoms with Gasteiger partial charge in [-0.2, -0.15) is 13.2 Å². The third-order valence-corrected chi connectivity index (χ3v) is 5.57. The lowest BCUT2D eigenvalue weighted by molar-refractivity contribution is -0.137. The third kappa shape index (κ3) is 4.71. The molecule has 31 heavy (non-hydrogen) atoms. The van der Waals surface area contributed by atoms with Crippen molar-refractivity contribution in [2.75, 3.05) is 6.73 Å². The number of hydrogen-bond acceptors (Lipinski definition) is 5. The highest BCUT2D eigenvalue weighted by Gasteiger charge is 2.29. The molecule has 0 bridgehead atoms. The number of aromatic amines is 1. The number of nitrogens with one attached hydrogen (secondary N) is 2. The minimum absolute atomic E-state index is 0.159. The number of hydrogen-bond donors (Lipinski definition) is 2. The molecule has 2 N–H and O–H groups in total. The molecule has 0 spiro atoms. The highest BCUT2D eigenvalue weighted by Crippen LogP contribution is 2.30. The summed E-state index contributed by atoms with van der Waals surface area (Å²) in [5.41, 5.74) is 2.62. The fourth-order valence-corrected chi connectivity index (χ4v) is 4.04. The molecule has 1 aromatic carbocycles. The molecule has 0 aliphatic carbocycles. The second-order valence-electron chi connectivity index (χ2n) is 6.95. The molecule has 6 nitrogen and oxygen atoms in total. The predicted octanol–water partition coefficient (Wildman–Crippen LogP) is 4.34. The fourth-order valence-electron chi connectivity index (χ4n) is 3.21. The van der Waals surface area contributed by atoms with E-state index in [-0.39, 0.29) is 18.9 Å². The minimum atomic E-state index is -4.35. The Morgan fingerprint density at radius 1 is 1.23 bits per heavy atom. The van der Waals surface area contributed by atoms with Crippen LogP contribution in [0.3, 0.4) is 0 Å². The number of aryl methyl sites for hydroxylation is 1. The number of fused-ring (bicyclic) bond motifs is 1. The third-order valence-electron chi connectivity index (χ3n) is 4.68. The first-order valence-electron chi connectivity index (χ1n) is 9.42. The summed E-state index contributed by atoms with van der Waals surface area (Å²) in [5.74, 6) is 0. The number of halogens is 3. The maximum Gasteiger partial charge on any atom is 0.416 e. The van der Waals surface area contributed by atoms with Crippen LogP contribution in [0.2, 0.25) is 0 Å². The van der Waals surface area contributed by atoms with Gasteiger partial charge in [-0.05, 0) is 36.1 Å². The minimum Gasteiger partial charge on any atom is -0.362 e. The number of ether oxygens (including phenoxy) is 1. The van der Waals surface area contributed by atoms with Crippen LogP contribution < -0.4 is 10.9 Å². The molecule has 4 aromatic rings. The van der Waals surface area contributed by atoms with Gasteiger partial charge in [0.2, 0.25) is 0 Å². The molecule has 3 aromatic heterocycles. The lowest BCUT2D eigenvalue weighted by atomic mass is 10.1. The van der Waals surface area contributed by atoms with Crippen molar-refractivity contribution >= 4 is 17.0 Å². The first kappa shape index (κ1) is 21.3. The van der Waals surface area contributed by atoms with E-state index in [9.17, 15) is 18.0 Å². The van der Waals surface area contributed by atoms with Gasteiger partial charge in [-0.3, -0.25) is 15.2 Å². The Bertz CT molecular complexity index is 1230. The van der Waals surface area contributed by atoms with E-state index in [1.165, 1.54) is 22.7 Å². The Morgan fingerprint density at radius 2 is 2.00 bits per heavy atom. The Morgan fingerprint density at radius 3 is 2.68 bits per heavy atom. The Labute approximate surface area is 179 Å². The van der Waals surface area contributed by atoms with Crippen molar-refractivity contribution in [3.05, 3.63) is 80.7 Å². The number of alkyl halides is 3. The maximum absolute atomic E-state index is 12.6. The van der Waals surface area contributed by atoms with E-state index in [4.69, 9.17) is 4.74 Å². The summed E-state index contributed by atoms with van der Waals surface area (Å²) in [6.45, 7) is 2.54. The first-order valence-corrected chi connectivity index (χ1v) is 10.3. The molecule has 0 radical (unpaired) electrons. The van der Waals surface area contributed by atoms with Crippen LogP contribution in [-0.4, -0.2) is 21.3 Å². The van der Waals surface area contributed by atoms with Crippen molar-refractivity contribution in [2.24, 2.45) is 0 Å². The summed E-state index contributed by atoms with van der Waals surface area (Å²) < 4.78 is 44.7. The number of nitrogens with zero attached hydrogens (tertiary/aromatic N) is 2. The molecule has 0 unspecified atom stereocenters. The summed E-state index contributed by atoms with van der Waals surface area (Å²) in [4.78, 5) is 18.1. The zero-order valence-corrected chi connectivity index (χ0v) is 17.3. The van der Waals surface area contributed by atoms with E-state index in [1.54, 1.807) is 11.3 Å². The van der Waals surface area contributed by atoms with E-state index in [0.717, 1.165) is 28.3 Å². The van der Waals surface area contributed by atoms with Gasteiger partial charge in [0.15, 0.2) is 5.65 Å². The van der Waals surface area contributed by atoms with Gasteiger partial charge in [0.05, 0.1) is 30.2 Å². The van der Waals surface area contributed by atoms with Crippen molar-refractivity contribution in [2.45, 2.75) is 26.3 Å². The van der Waals surface area contributed by atoms with Gasteiger partial charge in [-0.15, -0.1) is 11.3 Å². The Kier molecular flexibility index (Phi) is 5.94. The highest BCUT2D eigenvalue weighted by atomic mass is 32.1. The number of aromatic nitrogens is 3. The van der Waals surface area contributed by atoms with Gasteiger partial charge in [0.1, 0.15) is 0 Å². The van der Waals surface area contributed by atoms with Crippen molar-refractivity contribution in [3.8, 4) is 10.4 Å². The van der Waals surface area contributed by atoms with E-state index >= 15 is 0 Å². The van der Waals surface area contributed by atoms with Crippen LogP contribution in [0.5, 0.6) is 0 Å². The van der Waals surface area contributed by atoms with Crippen LogP contribution >= 0.6 is 11.3 Å². The zero-order valence-electron chi connectivity index (χ0n) is 16.5. The van der Waals surface area contributed by atoms with Gasteiger partial charge in [0, 0.05) is 23.2 Å². The molecule has 3 heterocycles. The van der Waals surface area contributed by atoms with Gasteiger partial charge >= 0.3 is 6.18 Å². The van der Waals surface area contributed by atoms with Crippen molar-refractivity contribution in [3.63, 3.8) is 0 Å². The Balaban J connectivity index is 1.37. The van der Waals surface area contributed by atoms with Crippen LogP contribution in [0.1, 0.15) is 22.5 Å². The molecule has 4 rings (SSSR count). The van der Waals surface area contributed by atoms with Gasteiger partial charge in [-0.1, -0.05) is 18.2 Å². The Hall–Kier alpha value is -2.95. The molecule has 0 aliphatic rings. The quantitative estimate of drug-likeness (QED) is 0.326. The molecule has 0 saturated carbocycles. The van der Waals surface area contributed by atoms with Gasteiger partial charge < -0.3 is 4.74 Å². The standard InChI is InChI=1S/C21H19F3N4O2S/c1-13-19(17-3-2-8-31-17)20-26-16(9-18(29)28(20)27-13)10-25-12-30-11-14-4-6-15(7-5-14)21(22,23)24/h2-9,25,27H,10-12H2,1H3. The topological polar surface area (TPSA) is 71.4 Å². The van der Waals surface area contributed by atoms with Crippen LogP contribution in [0, 0.1) is 6.92 Å². The molecule has 0 atom stereocenters. The monoisotopic (exact) mass is 448 g/mol. The predicted molar refractivity (Wildman–Crippen MR) is 112 cm³/mol. The normalized spacial score (nSPS) is 12.0. The molecule has 0 amide bonds. The van der Waals surface area contributed by atoms with Crippen molar-refractivity contribution in [1.82, 2.24) is 19.9 Å². The van der Waals surface area contributed by atoms with Crippen LogP contribution in [-0.2, 0) is 24.1 Å². The van der Waals surface area contributed by atoms with E-state index in [1.807, 2.05) is 24.4 Å². The lowest BCUT2D eigenvalue weighted by Gasteiger charge is -2.09. The van der Waals surface area contributed by atoms with E-state index < -0.39 is 11.7 Å². The lowest BCUT2D eigenvalue weighted by Crippen LogP contribution is -2.22. The van der Waals surface area contributed by atoms with Crippen molar-refractivity contribution < 1.29 is 17.9 Å². The highest BCUT2D eigenvalue weighted by molar-refractivity contribution is 7.13. The zero-order chi connectivity index (χ0) is 22.0. The molecule has 0 aliphatic heterocycles. The maximum atomic E-state index is 12.6. The van der Waals surface area contributed by atoms with Gasteiger partial charge in [-0.25, -0.2) is 9.50 Å². The number of benzene rings is 1. The summed E-state index contributed by atoms with van der Waals surface area (Å²) >= 11 is 1.57. The summed E-state index contributed by atoms with van der Waals surface area (Å²) in [6.07, 6.45) is -4.35. The number of H-pyrrole nitrogens is 1. The molecule has 10 heteroatoms. The summed E-state index contributed by atoms with van der Waals surface area (Å²) in [6, 6.07) is 10.2. The van der Waals surface area contributed by atoms with Crippen LogP contribution in [0.4, 0.5) is 13.2 Å².